The van der Waals surface area contributed by atoms with E-state index in [2.05, 4.69) is 20.5 Å². The van der Waals surface area contributed by atoms with E-state index in [0.717, 1.165) is 12.3 Å². The van der Waals surface area contributed by atoms with Crippen LogP contribution in [0, 0.1) is 11.6 Å². The molecule has 1 aliphatic heterocycles. The number of rotatable bonds is 9. The van der Waals surface area contributed by atoms with Crippen molar-refractivity contribution in [3.05, 3.63) is 59.7 Å². The maximum atomic E-state index is 14.4. The summed E-state index contributed by atoms with van der Waals surface area (Å²) in [5.74, 6) is -1.19. The van der Waals surface area contributed by atoms with Gasteiger partial charge in [-0.25, -0.2) is 18.6 Å². The molecule has 0 radical (unpaired) electrons. The molecule has 4 rings (SSSR count). The van der Waals surface area contributed by atoms with E-state index < -0.39 is 23.3 Å². The summed E-state index contributed by atoms with van der Waals surface area (Å²) >= 11 is 0. The minimum absolute atomic E-state index is 0.0113. The fourth-order valence-corrected chi connectivity index (χ4v) is 4.63. The van der Waals surface area contributed by atoms with Gasteiger partial charge in [0, 0.05) is 57.3 Å². The van der Waals surface area contributed by atoms with Crippen LogP contribution in [-0.4, -0.2) is 82.3 Å². The Hall–Kier alpha value is -4.13. The molecule has 4 heterocycles. The summed E-state index contributed by atoms with van der Waals surface area (Å²) in [6.07, 6.45) is 4.51. The fourth-order valence-electron chi connectivity index (χ4n) is 4.63. The number of hydrazone groups is 1. The van der Waals surface area contributed by atoms with E-state index in [9.17, 15) is 13.6 Å². The molecule has 0 aromatic carbocycles. The summed E-state index contributed by atoms with van der Waals surface area (Å²) in [4.78, 5) is 27.3. The number of methoxy groups -OCH3 is 1. The van der Waals surface area contributed by atoms with Gasteiger partial charge < -0.3 is 24.5 Å². The van der Waals surface area contributed by atoms with E-state index >= 15 is 0 Å². The van der Waals surface area contributed by atoms with Crippen LogP contribution >= 0.6 is 0 Å². The second-order valence-corrected chi connectivity index (χ2v) is 10.9. The first-order valence-electron chi connectivity index (χ1n) is 13.7. The van der Waals surface area contributed by atoms with Crippen LogP contribution in [0.5, 0.6) is 5.88 Å². The van der Waals surface area contributed by atoms with Crippen LogP contribution < -0.4 is 10.2 Å². The number of carbonyl (C=O) groups excluding carboxylic acids is 1. The quantitative estimate of drug-likeness (QED) is 0.289. The van der Waals surface area contributed by atoms with E-state index in [1.54, 1.807) is 34.8 Å². The Morgan fingerprint density at radius 2 is 1.93 bits per heavy atom. The van der Waals surface area contributed by atoms with Crippen molar-refractivity contribution in [2.24, 2.45) is 10.1 Å². The molecular weight excluding hydrogens is 548 g/mol. The molecule has 0 spiro atoms. The van der Waals surface area contributed by atoms with Crippen molar-refractivity contribution in [1.82, 2.24) is 24.7 Å². The van der Waals surface area contributed by atoms with Gasteiger partial charge >= 0.3 is 6.09 Å². The van der Waals surface area contributed by atoms with E-state index in [1.165, 1.54) is 7.11 Å². The zero-order valence-electron chi connectivity index (χ0n) is 24.7. The Kier molecular flexibility index (Phi) is 9.71. The Labute approximate surface area is 243 Å². The third kappa shape index (κ3) is 7.58. The number of amides is 1. The molecule has 1 unspecified atom stereocenters. The lowest BCUT2D eigenvalue weighted by atomic mass is 10.0. The van der Waals surface area contributed by atoms with Crippen molar-refractivity contribution in [3.8, 4) is 5.88 Å². The molecule has 1 aliphatic rings. The Morgan fingerprint density at radius 3 is 2.57 bits per heavy atom. The minimum atomic E-state index is -0.881. The molecule has 226 valence electrons. The number of hydrogen-bond donors (Lipinski definition) is 1. The first-order valence-corrected chi connectivity index (χ1v) is 13.7. The Morgan fingerprint density at radius 1 is 1.19 bits per heavy atom. The lowest BCUT2D eigenvalue weighted by molar-refractivity contribution is 0.0207. The zero-order valence-corrected chi connectivity index (χ0v) is 24.7. The summed E-state index contributed by atoms with van der Waals surface area (Å²) in [5.41, 5.74) is 4.85. The fraction of sp³-hybridized carbons (Fsp3) is 0.483. The molecule has 1 atom stereocenters. The number of ether oxygens (including phenoxy) is 3. The molecular formula is C29H37F2N7O4. The number of aliphatic imine (C=N–C) groups is 1. The predicted octanol–water partition coefficient (Wildman–Crippen LogP) is 4.56. The minimum Gasteiger partial charge on any atom is -0.475 e. The first kappa shape index (κ1) is 30.8. The number of nitrogens with one attached hydrogen (secondary N) is 1. The Bertz CT molecular complexity index is 1460. The third-order valence-corrected chi connectivity index (χ3v) is 6.61. The smallest absolute Gasteiger partial charge is 0.410 e. The number of aromatic nitrogens is 3. The monoisotopic (exact) mass is 585 g/mol. The van der Waals surface area contributed by atoms with Gasteiger partial charge in [-0.3, -0.25) is 14.4 Å². The maximum absolute atomic E-state index is 14.4. The molecule has 0 aliphatic carbocycles. The highest BCUT2D eigenvalue weighted by Gasteiger charge is 2.27. The van der Waals surface area contributed by atoms with Crippen LogP contribution in [-0.2, 0) is 9.47 Å². The summed E-state index contributed by atoms with van der Waals surface area (Å²) in [7, 11) is 3.10. The van der Waals surface area contributed by atoms with E-state index in [-0.39, 0.29) is 24.4 Å². The number of piperidine rings is 1. The molecule has 11 nitrogen and oxygen atoms in total. The van der Waals surface area contributed by atoms with Gasteiger partial charge in [-0.05, 0) is 46.6 Å². The molecule has 1 fully saturated rings. The van der Waals surface area contributed by atoms with Gasteiger partial charge in [0.25, 0.3) is 0 Å². The highest BCUT2D eigenvalue weighted by Crippen LogP contribution is 2.24. The molecule has 0 bridgehead atoms. The molecule has 3 aromatic rings. The molecule has 0 saturated carbocycles. The number of likely N-dealkylation sites (tertiary alicyclic amines) is 1. The van der Waals surface area contributed by atoms with Gasteiger partial charge in [0.15, 0.2) is 5.88 Å². The highest BCUT2D eigenvalue weighted by molar-refractivity contribution is 6.47. The number of carbonyl (C=O) groups is 1. The Balaban J connectivity index is 1.53. The van der Waals surface area contributed by atoms with E-state index in [0.29, 0.717) is 54.4 Å². The standard InChI is InChI=1S/C29H37F2N7O4/c1-18(35-21-7-10-37(11-8-21)28(39)42-29(2,3)4)26(36-32-5)19-13-24-33-9-12-38(24)25(14-19)41-17-23(40-6)27-22(31)15-20(30)16-34-27/h9,12-16,21,23,32H,7-8,10-11,17H2,1-6H3/b35-18?,36-26+. The van der Waals surface area contributed by atoms with Crippen LogP contribution in [0.2, 0.25) is 0 Å². The number of imidazole rings is 1. The van der Waals surface area contributed by atoms with Crippen LogP contribution in [0.15, 0.2) is 46.9 Å². The number of halogens is 2. The molecule has 1 amide bonds. The number of fused-ring (bicyclic) bond motifs is 1. The van der Waals surface area contributed by atoms with Crippen molar-refractivity contribution < 1.29 is 27.8 Å². The summed E-state index contributed by atoms with van der Waals surface area (Å²) < 4.78 is 46.4. The van der Waals surface area contributed by atoms with Crippen molar-refractivity contribution >= 4 is 23.2 Å². The zero-order chi connectivity index (χ0) is 30.4. The van der Waals surface area contributed by atoms with E-state index in [4.69, 9.17) is 19.2 Å². The van der Waals surface area contributed by atoms with Crippen molar-refractivity contribution in [1.29, 1.82) is 0 Å². The average molecular weight is 586 g/mol. The third-order valence-electron chi connectivity index (χ3n) is 6.61. The van der Waals surface area contributed by atoms with Crippen molar-refractivity contribution in [2.45, 2.75) is 58.3 Å². The summed E-state index contributed by atoms with van der Waals surface area (Å²) in [5, 5.41) is 4.49. The maximum Gasteiger partial charge on any atom is 0.410 e. The molecule has 3 aromatic heterocycles. The molecule has 1 N–H and O–H groups in total. The molecule has 1 saturated heterocycles. The van der Waals surface area contributed by atoms with Crippen LogP contribution in [0.3, 0.4) is 0 Å². The molecule has 13 heteroatoms. The first-order chi connectivity index (χ1) is 20.0. The van der Waals surface area contributed by atoms with Crippen LogP contribution in [0.25, 0.3) is 5.65 Å². The van der Waals surface area contributed by atoms with Crippen molar-refractivity contribution in [2.75, 3.05) is 33.9 Å². The van der Waals surface area contributed by atoms with Crippen LogP contribution in [0.4, 0.5) is 13.6 Å². The van der Waals surface area contributed by atoms with Gasteiger partial charge in [-0.15, -0.1) is 0 Å². The molecule has 42 heavy (non-hydrogen) atoms. The number of hydrogen-bond acceptors (Lipinski definition) is 9. The second kappa shape index (κ2) is 13.2. The number of nitrogens with zero attached hydrogens (tertiary/aromatic N) is 6. The van der Waals surface area contributed by atoms with Gasteiger partial charge in [-0.2, -0.15) is 5.10 Å². The van der Waals surface area contributed by atoms with Gasteiger partial charge in [0.1, 0.15) is 47.0 Å². The summed E-state index contributed by atoms with van der Waals surface area (Å²) in [6.45, 7) is 8.45. The van der Waals surface area contributed by atoms with Crippen molar-refractivity contribution in [3.63, 3.8) is 0 Å². The lowest BCUT2D eigenvalue weighted by Crippen LogP contribution is -2.42. The van der Waals surface area contributed by atoms with Gasteiger partial charge in [0.05, 0.1) is 18.0 Å². The normalized spacial score (nSPS) is 16.0. The summed E-state index contributed by atoms with van der Waals surface area (Å²) in [6, 6.07) is 4.42. The van der Waals surface area contributed by atoms with Gasteiger partial charge in [0.2, 0.25) is 0 Å². The van der Waals surface area contributed by atoms with Gasteiger partial charge in [-0.1, -0.05) is 0 Å². The SMILES string of the molecule is CN/N=C(\C(C)=NC1CCN(C(=O)OC(C)(C)C)CC1)c1cc(OCC(OC)c2ncc(F)cc2F)n2ccnc2c1. The average Bonchev–Trinajstić information content (AvgIpc) is 3.41. The van der Waals surface area contributed by atoms with E-state index in [1.807, 2.05) is 33.8 Å². The highest BCUT2D eigenvalue weighted by atomic mass is 19.1. The lowest BCUT2D eigenvalue weighted by Gasteiger charge is -2.32. The largest absolute Gasteiger partial charge is 0.475 e. The van der Waals surface area contributed by atoms with Crippen LogP contribution in [0.1, 0.15) is 57.9 Å². The topological polar surface area (TPSA) is 115 Å². The number of pyridine rings is 2. The second-order valence-electron chi connectivity index (χ2n) is 10.9. The predicted molar refractivity (Wildman–Crippen MR) is 154 cm³/mol.